The summed E-state index contributed by atoms with van der Waals surface area (Å²) in [5.74, 6) is -1.19. The van der Waals surface area contributed by atoms with Gasteiger partial charge in [-0.15, -0.1) is 0 Å². The minimum atomic E-state index is -1.19. The van der Waals surface area contributed by atoms with Gasteiger partial charge in [0.1, 0.15) is 10.7 Å². The summed E-state index contributed by atoms with van der Waals surface area (Å²) in [6.45, 7) is 1.82. The average Bonchev–Trinajstić information content (AvgIpc) is 2.85. The van der Waals surface area contributed by atoms with Crippen molar-refractivity contribution in [3.8, 4) is 0 Å². The van der Waals surface area contributed by atoms with E-state index in [1.165, 1.54) is 10.9 Å². The topological polar surface area (TPSA) is 80.9 Å². The van der Waals surface area contributed by atoms with E-state index in [1.807, 2.05) is 6.92 Å². The van der Waals surface area contributed by atoms with Crippen LogP contribution >= 0.6 is 34.8 Å². The maximum atomic E-state index is 11.4. The lowest BCUT2D eigenvalue weighted by Gasteiger charge is -2.15. The van der Waals surface area contributed by atoms with E-state index >= 15 is 0 Å². The Labute approximate surface area is 145 Å². The van der Waals surface area contributed by atoms with Crippen LogP contribution in [0.1, 0.15) is 29.0 Å². The van der Waals surface area contributed by atoms with Crippen LogP contribution in [-0.2, 0) is 0 Å². The Kier molecular flexibility index (Phi) is 4.14. The molecule has 0 saturated carbocycles. The number of carboxylic acids is 1. The fourth-order valence-corrected chi connectivity index (χ4v) is 2.97. The minimum Gasteiger partial charge on any atom is -0.476 e. The number of carbonyl (C=O) groups is 1. The first-order valence-electron chi connectivity index (χ1n) is 6.47. The molecule has 9 heteroatoms. The van der Waals surface area contributed by atoms with Gasteiger partial charge in [-0.2, -0.15) is 5.10 Å². The first kappa shape index (κ1) is 16.0. The molecular formula is C14H9Cl3N4O2. The summed E-state index contributed by atoms with van der Waals surface area (Å²) < 4.78 is 1.44. The van der Waals surface area contributed by atoms with E-state index in [1.54, 1.807) is 18.2 Å². The number of carboxylic acid groups (broad SMARTS) is 1. The predicted molar refractivity (Wildman–Crippen MR) is 87.6 cm³/mol. The van der Waals surface area contributed by atoms with Crippen LogP contribution < -0.4 is 0 Å². The summed E-state index contributed by atoms with van der Waals surface area (Å²) in [5.41, 5.74) is 0.965. The van der Waals surface area contributed by atoms with Crippen molar-refractivity contribution in [2.45, 2.75) is 13.0 Å². The molecule has 0 radical (unpaired) electrons. The maximum absolute atomic E-state index is 11.4. The number of nitrogens with zero attached hydrogens (tertiary/aromatic N) is 4. The van der Waals surface area contributed by atoms with Gasteiger partial charge in [-0.05, 0) is 24.6 Å². The van der Waals surface area contributed by atoms with Gasteiger partial charge in [0.15, 0.2) is 11.3 Å². The van der Waals surface area contributed by atoms with Gasteiger partial charge < -0.3 is 5.11 Å². The Balaban J connectivity index is 2.22. The summed E-state index contributed by atoms with van der Waals surface area (Å²) in [5, 5.41) is 14.5. The van der Waals surface area contributed by atoms with Gasteiger partial charge in [-0.25, -0.2) is 19.4 Å². The minimum absolute atomic E-state index is 0.144. The number of aromatic carboxylic acids is 1. The molecule has 0 bridgehead atoms. The largest absolute Gasteiger partial charge is 0.476 e. The lowest BCUT2D eigenvalue weighted by molar-refractivity contribution is 0.0691. The first-order valence-corrected chi connectivity index (χ1v) is 7.61. The van der Waals surface area contributed by atoms with Crippen molar-refractivity contribution in [2.75, 3.05) is 0 Å². The number of fused-ring (bicyclic) bond motifs is 1. The maximum Gasteiger partial charge on any atom is 0.358 e. The Bertz CT molecular complexity index is 926. The molecule has 0 aliphatic carbocycles. The quantitative estimate of drug-likeness (QED) is 0.750. The molecule has 2 heterocycles. The van der Waals surface area contributed by atoms with E-state index in [0.29, 0.717) is 10.0 Å². The molecule has 1 unspecified atom stereocenters. The van der Waals surface area contributed by atoms with Crippen LogP contribution in [0.25, 0.3) is 11.2 Å². The average molecular weight is 372 g/mol. The van der Waals surface area contributed by atoms with Gasteiger partial charge in [0.2, 0.25) is 0 Å². The summed E-state index contributed by atoms with van der Waals surface area (Å²) >= 11 is 18.0. The number of benzene rings is 1. The lowest BCUT2D eigenvalue weighted by Crippen LogP contribution is -2.11. The Morgan fingerprint density at radius 1 is 1.30 bits per heavy atom. The number of rotatable bonds is 3. The second-order valence-corrected chi connectivity index (χ2v) is 6.04. The van der Waals surface area contributed by atoms with Crippen molar-refractivity contribution in [1.82, 2.24) is 19.7 Å². The molecule has 23 heavy (non-hydrogen) atoms. The number of hydrogen-bond acceptors (Lipinski definition) is 4. The van der Waals surface area contributed by atoms with Gasteiger partial charge in [0, 0.05) is 10.0 Å². The molecule has 1 atom stereocenters. The molecule has 0 aliphatic heterocycles. The van der Waals surface area contributed by atoms with E-state index in [-0.39, 0.29) is 28.1 Å². The third-order valence-corrected chi connectivity index (χ3v) is 4.10. The highest BCUT2D eigenvalue weighted by Gasteiger charge is 2.23. The van der Waals surface area contributed by atoms with Crippen LogP contribution in [0.3, 0.4) is 0 Å². The van der Waals surface area contributed by atoms with Crippen LogP contribution in [0.5, 0.6) is 0 Å². The van der Waals surface area contributed by atoms with Crippen LogP contribution in [0, 0.1) is 0 Å². The van der Waals surface area contributed by atoms with Crippen molar-refractivity contribution in [3.63, 3.8) is 0 Å². The number of halogens is 3. The summed E-state index contributed by atoms with van der Waals surface area (Å²) in [4.78, 5) is 19.5. The van der Waals surface area contributed by atoms with Crippen molar-refractivity contribution in [1.29, 1.82) is 0 Å². The van der Waals surface area contributed by atoms with E-state index in [9.17, 15) is 9.90 Å². The molecule has 0 amide bonds. The van der Waals surface area contributed by atoms with Gasteiger partial charge >= 0.3 is 5.97 Å². The van der Waals surface area contributed by atoms with Crippen LogP contribution in [0.2, 0.25) is 15.2 Å². The summed E-state index contributed by atoms with van der Waals surface area (Å²) in [7, 11) is 0. The molecule has 0 saturated heterocycles. The molecule has 0 aliphatic rings. The van der Waals surface area contributed by atoms with Gasteiger partial charge in [0.05, 0.1) is 12.2 Å². The molecule has 1 N–H and O–H groups in total. The molecule has 3 aromatic rings. The van der Waals surface area contributed by atoms with E-state index in [0.717, 1.165) is 5.56 Å². The third kappa shape index (κ3) is 2.85. The zero-order valence-corrected chi connectivity index (χ0v) is 13.9. The molecule has 3 rings (SSSR count). The molecule has 2 aromatic heterocycles. The monoisotopic (exact) mass is 370 g/mol. The molecule has 0 fully saturated rings. The zero-order valence-electron chi connectivity index (χ0n) is 11.7. The molecule has 1 aromatic carbocycles. The van der Waals surface area contributed by atoms with Crippen molar-refractivity contribution in [2.24, 2.45) is 0 Å². The third-order valence-electron chi connectivity index (χ3n) is 3.36. The van der Waals surface area contributed by atoms with E-state index in [4.69, 9.17) is 34.8 Å². The van der Waals surface area contributed by atoms with Gasteiger partial charge in [-0.3, -0.25) is 0 Å². The molecule has 0 spiro atoms. The summed E-state index contributed by atoms with van der Waals surface area (Å²) in [6, 6.07) is 4.67. The fraction of sp³-hybridized carbons (Fsp3) is 0.143. The van der Waals surface area contributed by atoms with Crippen LogP contribution in [0.15, 0.2) is 24.4 Å². The fourth-order valence-electron chi connectivity index (χ4n) is 2.27. The summed E-state index contributed by atoms with van der Waals surface area (Å²) in [6.07, 6.45) is 1.28. The van der Waals surface area contributed by atoms with Gasteiger partial charge in [-0.1, -0.05) is 40.9 Å². The van der Waals surface area contributed by atoms with E-state index in [2.05, 4.69) is 15.1 Å². The Morgan fingerprint density at radius 3 is 2.70 bits per heavy atom. The van der Waals surface area contributed by atoms with Crippen molar-refractivity contribution >= 4 is 51.9 Å². The number of hydrogen-bond donors (Lipinski definition) is 1. The molecular weight excluding hydrogens is 363 g/mol. The lowest BCUT2D eigenvalue weighted by atomic mass is 10.1. The van der Waals surface area contributed by atoms with Gasteiger partial charge in [0.25, 0.3) is 0 Å². The van der Waals surface area contributed by atoms with Crippen LogP contribution in [-0.4, -0.2) is 30.8 Å². The second-order valence-electron chi connectivity index (χ2n) is 4.81. The zero-order chi connectivity index (χ0) is 16.7. The highest BCUT2D eigenvalue weighted by Crippen LogP contribution is 2.30. The van der Waals surface area contributed by atoms with Crippen molar-refractivity contribution < 1.29 is 9.90 Å². The number of aromatic nitrogens is 4. The normalized spacial score (nSPS) is 12.5. The molecule has 118 valence electrons. The Hall–Kier alpha value is -1.89. The Morgan fingerprint density at radius 2 is 2.04 bits per heavy atom. The van der Waals surface area contributed by atoms with E-state index < -0.39 is 5.97 Å². The molecule has 6 nitrogen and oxygen atoms in total. The highest BCUT2D eigenvalue weighted by molar-refractivity contribution is 6.35. The van der Waals surface area contributed by atoms with Crippen LogP contribution in [0.4, 0.5) is 0 Å². The smallest absolute Gasteiger partial charge is 0.358 e. The first-order chi connectivity index (χ1) is 10.9. The highest BCUT2D eigenvalue weighted by atomic mass is 35.5. The van der Waals surface area contributed by atoms with Crippen molar-refractivity contribution in [3.05, 3.63) is 50.9 Å². The standard InChI is InChI=1S/C14H9Cl3N4O2/c1-6(8-3-2-7(15)4-9(8)16)21-13-11(12(20-21)14(22)23)18-5-10(17)19-13/h2-6H,1H3,(H,22,23). The predicted octanol–water partition coefficient (Wildman–Crippen LogP) is 4.09. The SMILES string of the molecule is CC(c1ccc(Cl)cc1Cl)n1nc(C(=O)O)c2ncc(Cl)nc21. The second kappa shape index (κ2) is 5.96.